The van der Waals surface area contributed by atoms with Crippen molar-refractivity contribution < 1.29 is 33.3 Å². The van der Waals surface area contributed by atoms with E-state index in [9.17, 15) is 9.59 Å². The maximum absolute atomic E-state index is 12.0. The third-order valence-electron chi connectivity index (χ3n) is 4.68. The number of fused-ring (bicyclic) bond motifs is 2. The normalized spacial score (nSPS) is 13.7. The van der Waals surface area contributed by atoms with Crippen molar-refractivity contribution in [3.8, 4) is 28.7 Å². The maximum atomic E-state index is 12.0. The van der Waals surface area contributed by atoms with E-state index < -0.39 is 11.9 Å². The van der Waals surface area contributed by atoms with Gasteiger partial charge in [-0.05, 0) is 31.7 Å². The van der Waals surface area contributed by atoms with E-state index in [2.05, 4.69) is 5.32 Å². The van der Waals surface area contributed by atoms with Crippen LogP contribution in [-0.4, -0.2) is 51.6 Å². The monoisotopic (exact) mass is 447 g/mol. The molecule has 166 valence electrons. The van der Waals surface area contributed by atoms with Crippen molar-refractivity contribution in [1.82, 2.24) is 5.32 Å². The molecule has 1 aliphatic heterocycles. The second kappa shape index (κ2) is 10.4. The highest BCUT2D eigenvalue weighted by molar-refractivity contribution is 7.98. The molecular weight excluding hydrogens is 422 g/mol. The van der Waals surface area contributed by atoms with Gasteiger partial charge in [-0.2, -0.15) is 0 Å². The van der Waals surface area contributed by atoms with Crippen molar-refractivity contribution in [2.45, 2.75) is 24.3 Å². The number of hydrogen-bond acceptors (Lipinski definition) is 9. The molecule has 31 heavy (non-hydrogen) atoms. The number of methoxy groups -OCH3 is 2. The molecule has 9 heteroatoms. The largest absolute Gasteiger partial charge is 0.495 e. The minimum Gasteiger partial charge on any atom is -0.495 e. The summed E-state index contributed by atoms with van der Waals surface area (Å²) < 4.78 is 27.0. The first kappa shape index (κ1) is 22.8. The van der Waals surface area contributed by atoms with E-state index in [0.717, 1.165) is 0 Å². The summed E-state index contributed by atoms with van der Waals surface area (Å²) in [5.41, 5.74) is 0.634. The molecular formula is C22H25NO7S. The first-order valence-corrected chi connectivity index (χ1v) is 10.9. The number of para-hydroxylation sites is 2. The number of nitrogens with one attached hydrogen (secondary N) is 1. The molecule has 0 amide bonds. The summed E-state index contributed by atoms with van der Waals surface area (Å²) in [6, 6.07) is 9.05. The van der Waals surface area contributed by atoms with Crippen LogP contribution in [-0.2, 0) is 16.0 Å². The topological polar surface area (TPSA) is 92.3 Å². The zero-order chi connectivity index (χ0) is 22.4. The predicted octanol–water partition coefficient (Wildman–Crippen LogP) is 2.85. The van der Waals surface area contributed by atoms with Gasteiger partial charge in [-0.1, -0.05) is 12.1 Å². The minimum atomic E-state index is -1.05. The van der Waals surface area contributed by atoms with Crippen LogP contribution in [0, 0.1) is 0 Å². The van der Waals surface area contributed by atoms with E-state index in [-0.39, 0.29) is 11.8 Å². The predicted molar refractivity (Wildman–Crippen MR) is 116 cm³/mol. The van der Waals surface area contributed by atoms with Gasteiger partial charge in [-0.3, -0.25) is 0 Å². The van der Waals surface area contributed by atoms with Crippen LogP contribution in [0.25, 0.3) is 0 Å². The molecule has 1 atom stereocenters. The first-order chi connectivity index (χ1) is 15.0. The fourth-order valence-electron chi connectivity index (χ4n) is 3.23. The van der Waals surface area contributed by atoms with Crippen LogP contribution in [0.15, 0.2) is 35.2 Å². The van der Waals surface area contributed by atoms with Crippen molar-refractivity contribution in [2.24, 2.45) is 0 Å². The summed E-state index contributed by atoms with van der Waals surface area (Å²) in [6.07, 6.45) is 2.31. The lowest BCUT2D eigenvalue weighted by atomic mass is 10.0. The molecule has 1 aliphatic rings. The van der Waals surface area contributed by atoms with Crippen molar-refractivity contribution in [1.29, 1.82) is 0 Å². The van der Waals surface area contributed by atoms with Crippen molar-refractivity contribution in [2.75, 3.05) is 33.6 Å². The third-order valence-corrected chi connectivity index (χ3v) is 5.48. The Labute approximate surface area is 185 Å². The Balaban J connectivity index is 1.69. The van der Waals surface area contributed by atoms with Crippen LogP contribution in [0.5, 0.6) is 28.7 Å². The van der Waals surface area contributed by atoms with Gasteiger partial charge in [-0.15, -0.1) is 11.8 Å². The van der Waals surface area contributed by atoms with Crippen LogP contribution in [0.1, 0.15) is 12.5 Å². The summed E-state index contributed by atoms with van der Waals surface area (Å²) in [5, 5.41) is 3.37. The molecule has 2 aromatic carbocycles. The Morgan fingerprint density at radius 1 is 1.03 bits per heavy atom. The summed E-state index contributed by atoms with van der Waals surface area (Å²) in [5.74, 6) is 0.293. The number of thioether (sulfide) groups is 1. The summed E-state index contributed by atoms with van der Waals surface area (Å²) in [4.78, 5) is 24.5. The van der Waals surface area contributed by atoms with Gasteiger partial charge in [0, 0.05) is 24.2 Å². The number of esters is 2. The number of hydrogen-bond donors (Lipinski definition) is 1. The van der Waals surface area contributed by atoms with Gasteiger partial charge in [-0.25, -0.2) is 9.59 Å². The molecule has 0 saturated heterocycles. The highest BCUT2D eigenvalue weighted by atomic mass is 32.2. The molecule has 2 bridgehead atoms. The highest BCUT2D eigenvalue weighted by Crippen LogP contribution is 2.46. The first-order valence-electron chi connectivity index (χ1n) is 9.69. The fourth-order valence-corrected chi connectivity index (χ4v) is 3.92. The Morgan fingerprint density at radius 2 is 1.71 bits per heavy atom. The summed E-state index contributed by atoms with van der Waals surface area (Å²) in [6.45, 7) is 3.00. The molecule has 0 aromatic heterocycles. The van der Waals surface area contributed by atoms with Crippen molar-refractivity contribution in [3.63, 3.8) is 0 Å². The van der Waals surface area contributed by atoms with E-state index >= 15 is 0 Å². The molecule has 0 saturated carbocycles. The molecule has 0 aliphatic carbocycles. The highest BCUT2D eigenvalue weighted by Gasteiger charge is 2.32. The summed E-state index contributed by atoms with van der Waals surface area (Å²) >= 11 is 1.37. The zero-order valence-corrected chi connectivity index (χ0v) is 18.7. The maximum Gasteiger partial charge on any atom is 0.423 e. The van der Waals surface area contributed by atoms with E-state index in [1.54, 1.807) is 13.2 Å². The van der Waals surface area contributed by atoms with Crippen molar-refractivity contribution >= 4 is 23.7 Å². The minimum absolute atomic E-state index is 0.0163. The fraction of sp³-hybridized carbons (Fsp3) is 0.364. The molecule has 0 radical (unpaired) electrons. The lowest BCUT2D eigenvalue weighted by Gasteiger charge is -2.19. The average Bonchev–Trinajstić information content (AvgIpc) is 2.85. The molecule has 1 unspecified atom stereocenters. The van der Waals surface area contributed by atoms with Gasteiger partial charge >= 0.3 is 11.9 Å². The van der Waals surface area contributed by atoms with Gasteiger partial charge in [0.2, 0.25) is 0 Å². The van der Waals surface area contributed by atoms with Crippen LogP contribution in [0.2, 0.25) is 0 Å². The molecule has 8 nitrogen and oxygen atoms in total. The molecule has 1 heterocycles. The Bertz CT molecular complexity index is 963. The Morgan fingerprint density at radius 3 is 2.39 bits per heavy atom. The molecule has 2 aromatic rings. The van der Waals surface area contributed by atoms with Gasteiger partial charge in [0.1, 0.15) is 18.1 Å². The molecule has 0 spiro atoms. The van der Waals surface area contributed by atoms with Crippen LogP contribution in [0.4, 0.5) is 0 Å². The lowest BCUT2D eigenvalue weighted by molar-refractivity contribution is -0.155. The van der Waals surface area contributed by atoms with E-state index in [0.29, 0.717) is 53.0 Å². The quantitative estimate of drug-likeness (QED) is 0.194. The van der Waals surface area contributed by atoms with Crippen LogP contribution >= 0.6 is 11.8 Å². The number of ether oxygens (including phenoxy) is 5. The second-order valence-corrected chi connectivity index (χ2v) is 7.57. The van der Waals surface area contributed by atoms with E-state index in [1.807, 2.05) is 37.4 Å². The molecule has 0 fully saturated rings. The summed E-state index contributed by atoms with van der Waals surface area (Å²) in [7, 11) is 3.11. The SMILES string of the molecule is COc1ccccc1OCCNC(C)Cc1c2cc(OC)c(SC)c1OC(=O)C(=O)O2. The number of carbonyl (C=O) groups excluding carboxylic acids is 2. The lowest BCUT2D eigenvalue weighted by Crippen LogP contribution is -2.32. The van der Waals surface area contributed by atoms with Gasteiger partial charge in [0.05, 0.1) is 19.1 Å². The van der Waals surface area contributed by atoms with E-state index in [1.165, 1.54) is 18.9 Å². The van der Waals surface area contributed by atoms with Gasteiger partial charge in [0.25, 0.3) is 0 Å². The average molecular weight is 448 g/mol. The Kier molecular flexibility index (Phi) is 7.64. The smallest absolute Gasteiger partial charge is 0.423 e. The van der Waals surface area contributed by atoms with Crippen molar-refractivity contribution in [3.05, 3.63) is 35.9 Å². The molecule has 1 N–H and O–H groups in total. The standard InChI is InChI=1S/C22H25NO7S/c1-13(23-9-10-28-16-8-6-5-7-15(16)26-2)11-14-17-12-18(27-3)20(31-4)19(14)30-22(25)21(24)29-17/h5-8,12-13,23H,9-11H2,1-4H3. The number of rotatable bonds is 10. The van der Waals surface area contributed by atoms with Gasteiger partial charge in [0.15, 0.2) is 17.2 Å². The number of benzene rings is 2. The third kappa shape index (κ3) is 5.23. The molecule has 3 rings (SSSR count). The van der Waals surface area contributed by atoms with E-state index in [4.69, 9.17) is 23.7 Å². The zero-order valence-electron chi connectivity index (χ0n) is 17.9. The second-order valence-electron chi connectivity index (χ2n) is 6.76. The Hall–Kier alpha value is -2.91. The van der Waals surface area contributed by atoms with Crippen LogP contribution < -0.4 is 29.0 Å². The number of carbonyl (C=O) groups is 2. The van der Waals surface area contributed by atoms with Crippen LogP contribution in [0.3, 0.4) is 0 Å². The van der Waals surface area contributed by atoms with Gasteiger partial charge < -0.3 is 29.0 Å².